The van der Waals surface area contributed by atoms with Gasteiger partial charge in [0.25, 0.3) is 0 Å². The molecule has 0 unspecified atom stereocenters. The first-order valence-electron chi connectivity index (χ1n) is 7.11. The Kier molecular flexibility index (Phi) is 2.76. The highest BCUT2D eigenvalue weighted by molar-refractivity contribution is 4.97. The van der Waals surface area contributed by atoms with E-state index < -0.39 is 0 Å². The number of fused-ring (bicyclic) bond motifs is 2. The molecule has 1 spiro atoms. The lowest BCUT2D eigenvalue weighted by Gasteiger charge is -2.52. The molecule has 2 saturated carbocycles. The van der Waals surface area contributed by atoms with Crippen LogP contribution in [0.3, 0.4) is 0 Å². The summed E-state index contributed by atoms with van der Waals surface area (Å²) < 4.78 is 0. The lowest BCUT2D eigenvalue weighted by Crippen LogP contribution is -2.47. The van der Waals surface area contributed by atoms with Crippen LogP contribution in [0.4, 0.5) is 0 Å². The molecule has 0 aromatic carbocycles. The van der Waals surface area contributed by atoms with Gasteiger partial charge >= 0.3 is 0 Å². The zero-order chi connectivity index (χ0) is 10.1. The fraction of sp³-hybridized carbons (Fsp3) is 1.00. The van der Waals surface area contributed by atoms with Crippen LogP contribution in [0.2, 0.25) is 0 Å². The molecule has 0 bridgehead atoms. The summed E-state index contributed by atoms with van der Waals surface area (Å²) >= 11 is 0. The normalized spacial score (nSPS) is 40.0. The van der Waals surface area contributed by atoms with Crippen LogP contribution in [-0.2, 0) is 0 Å². The number of rotatable bonds is 0. The van der Waals surface area contributed by atoms with Crippen LogP contribution in [0.25, 0.3) is 0 Å². The van der Waals surface area contributed by atoms with Gasteiger partial charge in [0.15, 0.2) is 0 Å². The molecule has 3 rings (SSSR count). The van der Waals surface area contributed by atoms with Crippen molar-refractivity contribution in [1.29, 1.82) is 0 Å². The minimum absolute atomic E-state index is 0.786. The Morgan fingerprint density at radius 3 is 2.40 bits per heavy atom. The van der Waals surface area contributed by atoms with Crippen LogP contribution >= 0.6 is 0 Å². The number of hydrogen-bond donors (Lipinski definition) is 1. The Morgan fingerprint density at radius 2 is 1.53 bits per heavy atom. The smallest absolute Gasteiger partial charge is 0.00435 e. The van der Waals surface area contributed by atoms with Gasteiger partial charge in [-0.05, 0) is 56.0 Å². The van der Waals surface area contributed by atoms with Crippen molar-refractivity contribution < 1.29 is 0 Å². The van der Waals surface area contributed by atoms with Crippen LogP contribution in [0.5, 0.6) is 0 Å². The Balaban J connectivity index is 1.79. The van der Waals surface area contributed by atoms with Gasteiger partial charge in [-0.25, -0.2) is 0 Å². The van der Waals surface area contributed by atoms with Crippen molar-refractivity contribution in [3.8, 4) is 0 Å². The maximum Gasteiger partial charge on any atom is -0.00435 e. The molecular weight excluding hydrogens is 182 g/mol. The van der Waals surface area contributed by atoms with Crippen LogP contribution in [0, 0.1) is 17.3 Å². The maximum absolute atomic E-state index is 3.55. The maximum atomic E-state index is 3.55. The van der Waals surface area contributed by atoms with Crippen LogP contribution in [-0.4, -0.2) is 13.1 Å². The average Bonchev–Trinajstić information content (AvgIpc) is 2.31. The van der Waals surface area contributed by atoms with E-state index in [-0.39, 0.29) is 0 Å². The van der Waals surface area contributed by atoms with E-state index >= 15 is 0 Å². The summed E-state index contributed by atoms with van der Waals surface area (Å²) in [5.74, 6) is 2.23. The highest BCUT2D eigenvalue weighted by atomic mass is 14.9. The molecule has 1 aliphatic heterocycles. The minimum Gasteiger partial charge on any atom is -0.317 e. The Bertz CT molecular complexity index is 210. The average molecular weight is 207 g/mol. The standard InChI is InChI=1S/C14H25N/c1-2-6-13-12(4-1)5-3-7-14(13)8-10-15-11-9-14/h12-13,15H,1-11H2/t12-,13-/m1/s1. The summed E-state index contributed by atoms with van der Waals surface area (Å²) in [5.41, 5.74) is 0.786. The minimum atomic E-state index is 0.786. The van der Waals surface area contributed by atoms with Gasteiger partial charge < -0.3 is 5.32 Å². The van der Waals surface area contributed by atoms with E-state index in [9.17, 15) is 0 Å². The molecule has 15 heavy (non-hydrogen) atoms. The quantitative estimate of drug-likeness (QED) is 0.642. The molecule has 2 aliphatic carbocycles. The Labute approximate surface area is 94.0 Å². The molecule has 1 N–H and O–H groups in total. The third kappa shape index (κ3) is 1.73. The van der Waals surface area contributed by atoms with Gasteiger partial charge in [0.05, 0.1) is 0 Å². The molecule has 3 fully saturated rings. The van der Waals surface area contributed by atoms with E-state index in [2.05, 4.69) is 5.32 Å². The number of nitrogens with one attached hydrogen (secondary N) is 1. The molecule has 0 radical (unpaired) electrons. The van der Waals surface area contributed by atoms with E-state index in [0.29, 0.717) is 0 Å². The summed E-state index contributed by atoms with van der Waals surface area (Å²) in [6.07, 6.45) is 13.8. The summed E-state index contributed by atoms with van der Waals surface area (Å²) in [6, 6.07) is 0. The molecular formula is C14H25N. The number of piperidine rings is 1. The van der Waals surface area contributed by atoms with Crippen LogP contribution in [0.15, 0.2) is 0 Å². The molecule has 0 aromatic rings. The van der Waals surface area contributed by atoms with Crippen LogP contribution in [0.1, 0.15) is 57.8 Å². The first-order chi connectivity index (χ1) is 7.41. The van der Waals surface area contributed by atoms with Gasteiger partial charge in [-0.3, -0.25) is 0 Å². The zero-order valence-corrected chi connectivity index (χ0v) is 9.93. The molecule has 1 nitrogen and oxygen atoms in total. The van der Waals surface area contributed by atoms with Crippen molar-refractivity contribution in [2.75, 3.05) is 13.1 Å². The summed E-state index contributed by atoms with van der Waals surface area (Å²) in [7, 11) is 0. The monoisotopic (exact) mass is 207 g/mol. The molecule has 2 atom stereocenters. The lowest BCUT2D eigenvalue weighted by molar-refractivity contribution is -0.0121. The first kappa shape index (κ1) is 10.1. The predicted molar refractivity (Wildman–Crippen MR) is 63.8 cm³/mol. The van der Waals surface area contributed by atoms with Gasteiger partial charge in [0.2, 0.25) is 0 Å². The van der Waals surface area contributed by atoms with Crippen LogP contribution < -0.4 is 5.32 Å². The third-order valence-electron chi connectivity index (χ3n) is 5.54. The number of hydrogen-bond acceptors (Lipinski definition) is 1. The van der Waals surface area contributed by atoms with E-state index in [4.69, 9.17) is 0 Å². The largest absolute Gasteiger partial charge is 0.317 e. The van der Waals surface area contributed by atoms with Gasteiger partial charge in [-0.15, -0.1) is 0 Å². The predicted octanol–water partition coefficient (Wildman–Crippen LogP) is 3.35. The molecule has 1 heterocycles. The third-order valence-corrected chi connectivity index (χ3v) is 5.54. The second-order valence-corrected chi connectivity index (χ2v) is 6.16. The Morgan fingerprint density at radius 1 is 0.800 bits per heavy atom. The summed E-state index contributed by atoms with van der Waals surface area (Å²) in [4.78, 5) is 0. The zero-order valence-electron chi connectivity index (χ0n) is 9.93. The van der Waals surface area contributed by atoms with Crippen molar-refractivity contribution in [3.63, 3.8) is 0 Å². The summed E-state index contributed by atoms with van der Waals surface area (Å²) in [5, 5.41) is 3.55. The molecule has 1 heteroatoms. The first-order valence-corrected chi connectivity index (χ1v) is 7.11. The van der Waals surface area contributed by atoms with Crippen molar-refractivity contribution in [1.82, 2.24) is 5.32 Å². The van der Waals surface area contributed by atoms with Crippen molar-refractivity contribution >= 4 is 0 Å². The molecule has 0 amide bonds. The van der Waals surface area contributed by atoms with E-state index in [1.165, 1.54) is 45.2 Å². The van der Waals surface area contributed by atoms with Gasteiger partial charge in [-0.1, -0.05) is 32.1 Å². The lowest BCUT2D eigenvalue weighted by atomic mass is 9.54. The second kappa shape index (κ2) is 4.08. The topological polar surface area (TPSA) is 12.0 Å². The fourth-order valence-corrected chi connectivity index (χ4v) is 4.81. The van der Waals surface area contributed by atoms with E-state index in [1.54, 1.807) is 25.7 Å². The molecule has 3 aliphatic rings. The van der Waals surface area contributed by atoms with Crippen molar-refractivity contribution in [2.45, 2.75) is 57.8 Å². The van der Waals surface area contributed by atoms with E-state index in [0.717, 1.165) is 17.3 Å². The van der Waals surface area contributed by atoms with Gasteiger partial charge in [0, 0.05) is 0 Å². The Hall–Kier alpha value is -0.0400. The van der Waals surface area contributed by atoms with Crippen molar-refractivity contribution in [3.05, 3.63) is 0 Å². The summed E-state index contributed by atoms with van der Waals surface area (Å²) in [6.45, 7) is 2.59. The molecule has 1 saturated heterocycles. The van der Waals surface area contributed by atoms with E-state index in [1.807, 2.05) is 0 Å². The highest BCUT2D eigenvalue weighted by Crippen LogP contribution is 2.54. The fourth-order valence-electron chi connectivity index (χ4n) is 4.81. The highest BCUT2D eigenvalue weighted by Gasteiger charge is 2.45. The van der Waals surface area contributed by atoms with Crippen molar-refractivity contribution in [2.24, 2.45) is 17.3 Å². The molecule has 0 aromatic heterocycles. The van der Waals surface area contributed by atoms with Gasteiger partial charge in [0.1, 0.15) is 0 Å². The van der Waals surface area contributed by atoms with Gasteiger partial charge in [-0.2, -0.15) is 0 Å². The molecule has 86 valence electrons. The SMILES string of the molecule is C1CC[C@@H]2[C@H](C1)CCCC21CCNCC1. The second-order valence-electron chi connectivity index (χ2n) is 6.16.